The SMILES string of the molecule is CCC1(C(=O)c2cccc3c2OCC3)CCCNC1. The second-order valence-electron chi connectivity index (χ2n) is 5.64. The van der Waals surface area contributed by atoms with Crippen LogP contribution in [0.4, 0.5) is 0 Å². The van der Waals surface area contributed by atoms with Gasteiger partial charge in [0.15, 0.2) is 5.78 Å². The van der Waals surface area contributed by atoms with E-state index in [0.29, 0.717) is 6.61 Å². The number of carbonyl (C=O) groups is 1. The molecule has 0 aromatic heterocycles. The van der Waals surface area contributed by atoms with Crippen LogP contribution in [0.25, 0.3) is 0 Å². The fourth-order valence-electron chi connectivity index (χ4n) is 3.30. The summed E-state index contributed by atoms with van der Waals surface area (Å²) < 4.78 is 5.69. The number of piperidine rings is 1. The molecule has 0 radical (unpaired) electrons. The molecule has 2 heterocycles. The maximum absolute atomic E-state index is 13.0. The lowest BCUT2D eigenvalue weighted by atomic mass is 9.72. The second-order valence-corrected chi connectivity index (χ2v) is 5.64. The van der Waals surface area contributed by atoms with E-state index in [1.165, 1.54) is 5.56 Å². The number of benzene rings is 1. The summed E-state index contributed by atoms with van der Waals surface area (Å²) in [4.78, 5) is 13.0. The lowest BCUT2D eigenvalue weighted by Gasteiger charge is -2.35. The molecule has 1 unspecified atom stereocenters. The van der Waals surface area contributed by atoms with Crippen LogP contribution in [0, 0.1) is 5.41 Å². The highest BCUT2D eigenvalue weighted by molar-refractivity contribution is 6.03. The number of fused-ring (bicyclic) bond motifs is 1. The number of nitrogens with one attached hydrogen (secondary N) is 1. The summed E-state index contributed by atoms with van der Waals surface area (Å²) >= 11 is 0. The quantitative estimate of drug-likeness (QED) is 0.848. The van der Waals surface area contributed by atoms with Gasteiger partial charge in [-0.05, 0) is 37.4 Å². The Labute approximate surface area is 114 Å². The molecule has 2 aliphatic heterocycles. The normalized spacial score (nSPS) is 25.7. The van der Waals surface area contributed by atoms with E-state index < -0.39 is 0 Å². The molecule has 3 heteroatoms. The maximum atomic E-state index is 13.0. The van der Waals surface area contributed by atoms with Gasteiger partial charge in [0.2, 0.25) is 0 Å². The first-order valence-electron chi connectivity index (χ1n) is 7.27. The average molecular weight is 259 g/mol. The molecule has 1 aromatic rings. The molecule has 3 rings (SSSR count). The molecular formula is C16H21NO2. The van der Waals surface area contributed by atoms with Crippen molar-refractivity contribution in [2.24, 2.45) is 5.41 Å². The number of Topliss-reactive ketones (excluding diaryl/α,β-unsaturated/α-hetero) is 1. The summed E-state index contributed by atoms with van der Waals surface area (Å²) in [6.07, 6.45) is 3.88. The third kappa shape index (κ3) is 2.06. The van der Waals surface area contributed by atoms with Gasteiger partial charge < -0.3 is 10.1 Å². The minimum Gasteiger partial charge on any atom is -0.492 e. The lowest BCUT2D eigenvalue weighted by molar-refractivity contribution is 0.0727. The fraction of sp³-hybridized carbons (Fsp3) is 0.562. The van der Waals surface area contributed by atoms with Crippen LogP contribution in [0.15, 0.2) is 18.2 Å². The molecule has 1 N–H and O–H groups in total. The van der Waals surface area contributed by atoms with Crippen LogP contribution in [0.5, 0.6) is 5.75 Å². The molecule has 19 heavy (non-hydrogen) atoms. The van der Waals surface area contributed by atoms with Crippen molar-refractivity contribution in [2.75, 3.05) is 19.7 Å². The van der Waals surface area contributed by atoms with E-state index in [9.17, 15) is 4.79 Å². The first-order chi connectivity index (χ1) is 9.27. The van der Waals surface area contributed by atoms with Gasteiger partial charge in [0.1, 0.15) is 5.75 Å². The number of para-hydroxylation sites is 1. The Bertz CT molecular complexity index is 490. The van der Waals surface area contributed by atoms with Crippen LogP contribution < -0.4 is 10.1 Å². The third-order valence-corrected chi connectivity index (χ3v) is 4.59. The van der Waals surface area contributed by atoms with Crippen molar-refractivity contribution < 1.29 is 9.53 Å². The molecule has 0 spiro atoms. The Balaban J connectivity index is 1.97. The van der Waals surface area contributed by atoms with Crippen LogP contribution in [-0.4, -0.2) is 25.5 Å². The monoisotopic (exact) mass is 259 g/mol. The third-order valence-electron chi connectivity index (χ3n) is 4.59. The largest absolute Gasteiger partial charge is 0.492 e. The van der Waals surface area contributed by atoms with Gasteiger partial charge in [-0.15, -0.1) is 0 Å². The summed E-state index contributed by atoms with van der Waals surface area (Å²) in [5.41, 5.74) is 1.74. The molecule has 3 nitrogen and oxygen atoms in total. The van der Waals surface area contributed by atoms with Crippen molar-refractivity contribution in [2.45, 2.75) is 32.6 Å². The fourth-order valence-corrected chi connectivity index (χ4v) is 3.30. The summed E-state index contributed by atoms with van der Waals surface area (Å²) in [7, 11) is 0. The lowest BCUT2D eigenvalue weighted by Crippen LogP contribution is -2.45. The minimum atomic E-state index is -0.237. The molecule has 1 fully saturated rings. The van der Waals surface area contributed by atoms with Gasteiger partial charge in [0.05, 0.1) is 12.2 Å². The van der Waals surface area contributed by atoms with E-state index in [2.05, 4.69) is 18.3 Å². The Morgan fingerprint density at radius 3 is 3.11 bits per heavy atom. The molecule has 0 aliphatic carbocycles. The summed E-state index contributed by atoms with van der Waals surface area (Å²) in [6.45, 7) is 4.65. The Morgan fingerprint density at radius 2 is 2.37 bits per heavy atom. The zero-order valence-corrected chi connectivity index (χ0v) is 11.5. The van der Waals surface area contributed by atoms with Gasteiger partial charge in [0, 0.05) is 18.4 Å². The molecule has 1 atom stereocenters. The van der Waals surface area contributed by atoms with Crippen molar-refractivity contribution in [3.63, 3.8) is 0 Å². The first-order valence-corrected chi connectivity index (χ1v) is 7.27. The summed E-state index contributed by atoms with van der Waals surface area (Å²) in [6, 6.07) is 5.98. The van der Waals surface area contributed by atoms with Crippen molar-refractivity contribution in [1.82, 2.24) is 5.32 Å². The molecule has 1 aromatic carbocycles. The van der Waals surface area contributed by atoms with Crippen molar-refractivity contribution in [3.8, 4) is 5.75 Å². The predicted molar refractivity (Wildman–Crippen MR) is 74.8 cm³/mol. The van der Waals surface area contributed by atoms with E-state index in [1.807, 2.05) is 12.1 Å². The topological polar surface area (TPSA) is 38.3 Å². The molecule has 102 valence electrons. The number of ether oxygens (including phenoxy) is 1. The highest BCUT2D eigenvalue weighted by Crippen LogP contribution is 2.38. The second kappa shape index (κ2) is 4.97. The summed E-state index contributed by atoms with van der Waals surface area (Å²) in [5, 5.41) is 3.38. The number of ketones is 1. The van der Waals surface area contributed by atoms with E-state index in [4.69, 9.17) is 4.74 Å². The summed E-state index contributed by atoms with van der Waals surface area (Å²) in [5.74, 6) is 1.10. The molecule has 1 saturated heterocycles. The Kier molecular flexibility index (Phi) is 3.31. The zero-order chi connectivity index (χ0) is 13.3. The Hall–Kier alpha value is -1.35. The highest BCUT2D eigenvalue weighted by atomic mass is 16.5. The molecule has 0 saturated carbocycles. The minimum absolute atomic E-state index is 0.237. The van der Waals surface area contributed by atoms with Crippen molar-refractivity contribution in [3.05, 3.63) is 29.3 Å². The number of hydrogen-bond donors (Lipinski definition) is 1. The Morgan fingerprint density at radius 1 is 1.47 bits per heavy atom. The van der Waals surface area contributed by atoms with Crippen LogP contribution >= 0.6 is 0 Å². The van der Waals surface area contributed by atoms with Crippen molar-refractivity contribution in [1.29, 1.82) is 0 Å². The molecular weight excluding hydrogens is 238 g/mol. The molecule has 2 aliphatic rings. The van der Waals surface area contributed by atoms with Crippen LogP contribution in [0.1, 0.15) is 42.1 Å². The van der Waals surface area contributed by atoms with Gasteiger partial charge in [-0.25, -0.2) is 0 Å². The zero-order valence-electron chi connectivity index (χ0n) is 11.5. The van der Waals surface area contributed by atoms with Gasteiger partial charge in [-0.2, -0.15) is 0 Å². The predicted octanol–water partition coefficient (Wildman–Crippen LogP) is 2.58. The number of carbonyl (C=O) groups excluding carboxylic acids is 1. The standard InChI is InChI=1S/C16H21NO2/c1-2-16(8-4-9-17-11-16)15(18)13-6-3-5-12-7-10-19-14(12)13/h3,5-6,17H,2,4,7-11H2,1H3. The van der Waals surface area contributed by atoms with Crippen molar-refractivity contribution >= 4 is 5.78 Å². The van der Waals surface area contributed by atoms with Crippen LogP contribution in [-0.2, 0) is 6.42 Å². The average Bonchev–Trinajstić information content (AvgIpc) is 2.95. The van der Waals surface area contributed by atoms with E-state index in [0.717, 1.165) is 50.1 Å². The highest BCUT2D eigenvalue weighted by Gasteiger charge is 2.40. The van der Waals surface area contributed by atoms with E-state index >= 15 is 0 Å². The number of rotatable bonds is 3. The molecule has 0 bridgehead atoms. The van der Waals surface area contributed by atoms with Crippen LogP contribution in [0.2, 0.25) is 0 Å². The smallest absolute Gasteiger partial charge is 0.173 e. The van der Waals surface area contributed by atoms with Gasteiger partial charge in [-0.1, -0.05) is 19.1 Å². The van der Waals surface area contributed by atoms with E-state index in [-0.39, 0.29) is 11.2 Å². The van der Waals surface area contributed by atoms with Gasteiger partial charge >= 0.3 is 0 Å². The number of hydrogen-bond acceptors (Lipinski definition) is 3. The van der Waals surface area contributed by atoms with E-state index in [1.54, 1.807) is 0 Å². The van der Waals surface area contributed by atoms with Gasteiger partial charge in [-0.3, -0.25) is 4.79 Å². The first kappa shape index (κ1) is 12.7. The maximum Gasteiger partial charge on any atom is 0.173 e. The molecule has 0 amide bonds. The van der Waals surface area contributed by atoms with Crippen LogP contribution in [0.3, 0.4) is 0 Å². The van der Waals surface area contributed by atoms with Gasteiger partial charge in [0.25, 0.3) is 0 Å².